The van der Waals surface area contributed by atoms with Gasteiger partial charge >= 0.3 is 24.4 Å². The molecule has 29 heavy (non-hydrogen) atoms. The Labute approximate surface area is 163 Å². The van der Waals surface area contributed by atoms with Crippen LogP contribution in [0.3, 0.4) is 0 Å². The Morgan fingerprint density at radius 3 is 2.31 bits per heavy atom. The number of carbonyl (C=O) groups excluding carboxylic acids is 3. The number of benzene rings is 1. The SMILES string of the molecule is Cc1cc(F)c(N2C(=O)CN(C(=O)NCC(F)(F)F)C2=O)cc1SCC(F)(F)F. The highest BCUT2D eigenvalue weighted by Crippen LogP contribution is 2.35. The van der Waals surface area contributed by atoms with E-state index in [1.165, 1.54) is 12.2 Å². The molecular weight excluding hydrogens is 435 g/mol. The summed E-state index contributed by atoms with van der Waals surface area (Å²) in [5.41, 5.74) is -0.597. The lowest BCUT2D eigenvalue weighted by Gasteiger charge is -2.19. The molecule has 1 saturated heterocycles. The van der Waals surface area contributed by atoms with E-state index in [1.54, 1.807) is 0 Å². The second kappa shape index (κ2) is 8.08. The average molecular weight is 447 g/mol. The summed E-state index contributed by atoms with van der Waals surface area (Å²) in [5.74, 6) is -3.57. The van der Waals surface area contributed by atoms with Gasteiger partial charge in [-0.15, -0.1) is 11.8 Å². The lowest BCUT2D eigenvalue weighted by atomic mass is 10.2. The maximum atomic E-state index is 14.3. The molecule has 6 nitrogen and oxygen atoms in total. The number of halogens is 7. The fraction of sp³-hybridized carbons (Fsp3) is 0.400. The molecule has 1 aliphatic heterocycles. The zero-order valence-electron chi connectivity index (χ0n) is 14.4. The van der Waals surface area contributed by atoms with Gasteiger partial charge in [0, 0.05) is 4.90 Å². The minimum atomic E-state index is -4.77. The first kappa shape index (κ1) is 22.8. The number of aryl methyl sites for hydroxylation is 1. The molecule has 5 amide bonds. The number of imide groups is 2. The Morgan fingerprint density at radius 1 is 1.14 bits per heavy atom. The molecule has 1 N–H and O–H groups in total. The van der Waals surface area contributed by atoms with Crippen molar-refractivity contribution in [3.05, 3.63) is 23.5 Å². The molecular formula is C15H12F7N3O3S. The molecule has 1 aliphatic rings. The van der Waals surface area contributed by atoms with Gasteiger partial charge in [-0.1, -0.05) is 0 Å². The van der Waals surface area contributed by atoms with Crippen molar-refractivity contribution in [2.45, 2.75) is 24.2 Å². The number of carbonyl (C=O) groups is 3. The molecule has 2 rings (SSSR count). The van der Waals surface area contributed by atoms with Gasteiger partial charge < -0.3 is 5.32 Å². The van der Waals surface area contributed by atoms with Gasteiger partial charge in [0.25, 0.3) is 5.91 Å². The van der Waals surface area contributed by atoms with E-state index >= 15 is 0 Å². The van der Waals surface area contributed by atoms with Crippen LogP contribution >= 0.6 is 11.8 Å². The highest BCUT2D eigenvalue weighted by molar-refractivity contribution is 7.99. The van der Waals surface area contributed by atoms with E-state index in [0.29, 0.717) is 11.8 Å². The van der Waals surface area contributed by atoms with Crippen molar-refractivity contribution in [1.29, 1.82) is 0 Å². The van der Waals surface area contributed by atoms with E-state index < -0.39 is 60.7 Å². The summed E-state index contributed by atoms with van der Waals surface area (Å²) < 4.78 is 88.1. The van der Waals surface area contributed by atoms with E-state index in [2.05, 4.69) is 0 Å². The van der Waals surface area contributed by atoms with Gasteiger partial charge in [0.15, 0.2) is 0 Å². The third-order valence-corrected chi connectivity index (χ3v) is 4.75. The number of hydrogen-bond acceptors (Lipinski definition) is 4. The van der Waals surface area contributed by atoms with Crippen LogP contribution in [0.15, 0.2) is 17.0 Å². The molecule has 160 valence electrons. The van der Waals surface area contributed by atoms with Crippen molar-refractivity contribution < 1.29 is 45.1 Å². The monoisotopic (exact) mass is 447 g/mol. The Bertz CT molecular complexity index is 842. The molecule has 0 bridgehead atoms. The van der Waals surface area contributed by atoms with Crippen LogP contribution in [0.4, 0.5) is 46.0 Å². The third kappa shape index (κ3) is 5.74. The molecule has 1 aromatic rings. The van der Waals surface area contributed by atoms with Crippen LogP contribution in [0, 0.1) is 12.7 Å². The maximum Gasteiger partial charge on any atom is 0.405 e. The van der Waals surface area contributed by atoms with Crippen LogP contribution in [0.25, 0.3) is 0 Å². The Hall–Kier alpha value is -2.51. The normalized spacial score (nSPS) is 15.3. The number of urea groups is 2. The molecule has 0 aromatic heterocycles. The number of alkyl halides is 6. The van der Waals surface area contributed by atoms with Crippen molar-refractivity contribution in [3.8, 4) is 0 Å². The number of thioether (sulfide) groups is 1. The largest absolute Gasteiger partial charge is 0.405 e. The maximum absolute atomic E-state index is 14.3. The highest BCUT2D eigenvalue weighted by atomic mass is 32.2. The smallest absolute Gasteiger partial charge is 0.328 e. The van der Waals surface area contributed by atoms with Crippen molar-refractivity contribution in [1.82, 2.24) is 10.2 Å². The van der Waals surface area contributed by atoms with E-state index in [-0.39, 0.29) is 20.3 Å². The number of hydrogen-bond donors (Lipinski definition) is 1. The van der Waals surface area contributed by atoms with Gasteiger partial charge in [-0.2, -0.15) is 26.3 Å². The van der Waals surface area contributed by atoms with Crippen molar-refractivity contribution in [3.63, 3.8) is 0 Å². The van der Waals surface area contributed by atoms with Crippen LogP contribution < -0.4 is 10.2 Å². The predicted octanol–water partition coefficient (Wildman–Crippen LogP) is 3.83. The third-order valence-electron chi connectivity index (χ3n) is 3.53. The van der Waals surface area contributed by atoms with Crippen molar-refractivity contribution >= 4 is 35.4 Å². The number of nitrogens with one attached hydrogen (secondary N) is 1. The standard InChI is InChI=1S/C15H12F7N3O3S/c1-7-2-8(16)9(3-10(7)29-6-15(20,21)22)25-11(26)4-24(13(25)28)12(27)23-5-14(17,18)19/h2-3H,4-6H2,1H3,(H,23,27). The number of anilines is 1. The molecule has 0 unspecified atom stereocenters. The first-order valence-electron chi connectivity index (χ1n) is 7.68. The zero-order chi connectivity index (χ0) is 22.1. The van der Waals surface area contributed by atoms with Gasteiger partial charge in [0.1, 0.15) is 18.9 Å². The number of amides is 5. The quantitative estimate of drug-likeness (QED) is 0.433. The number of nitrogens with zero attached hydrogens (tertiary/aromatic N) is 2. The van der Waals surface area contributed by atoms with Gasteiger partial charge in [-0.25, -0.2) is 23.8 Å². The molecule has 0 aliphatic carbocycles. The molecule has 1 fully saturated rings. The summed E-state index contributed by atoms with van der Waals surface area (Å²) in [6, 6.07) is -1.30. The van der Waals surface area contributed by atoms with Crippen LogP contribution in [0.2, 0.25) is 0 Å². The molecule has 1 heterocycles. The topological polar surface area (TPSA) is 69.7 Å². The summed E-state index contributed by atoms with van der Waals surface area (Å²) in [6.45, 7) is -1.40. The van der Waals surface area contributed by atoms with Gasteiger partial charge in [0.2, 0.25) is 0 Å². The summed E-state index contributed by atoms with van der Waals surface area (Å²) in [4.78, 5) is 36.4. The van der Waals surface area contributed by atoms with Crippen LogP contribution in [0.1, 0.15) is 5.56 Å². The van der Waals surface area contributed by atoms with Crippen molar-refractivity contribution in [2.24, 2.45) is 0 Å². The Morgan fingerprint density at radius 2 is 1.76 bits per heavy atom. The molecule has 0 radical (unpaired) electrons. The first-order valence-corrected chi connectivity index (χ1v) is 8.67. The van der Waals surface area contributed by atoms with Crippen molar-refractivity contribution in [2.75, 3.05) is 23.7 Å². The van der Waals surface area contributed by atoms with Gasteiger partial charge in [-0.3, -0.25) is 4.79 Å². The Kier molecular flexibility index (Phi) is 6.35. The summed E-state index contributed by atoms with van der Waals surface area (Å²) in [6.07, 6.45) is -9.30. The minimum Gasteiger partial charge on any atom is -0.328 e. The minimum absolute atomic E-state index is 0.0701. The molecule has 0 atom stereocenters. The summed E-state index contributed by atoms with van der Waals surface area (Å²) >= 11 is 0.297. The van der Waals surface area contributed by atoms with E-state index in [4.69, 9.17) is 0 Å². The molecule has 0 saturated carbocycles. The first-order chi connectivity index (χ1) is 13.2. The van der Waals surface area contributed by atoms with Crippen LogP contribution in [-0.2, 0) is 4.79 Å². The van der Waals surface area contributed by atoms with E-state index in [0.717, 1.165) is 12.1 Å². The van der Waals surface area contributed by atoms with E-state index in [1.807, 2.05) is 0 Å². The summed E-state index contributed by atoms with van der Waals surface area (Å²) in [5, 5.41) is 1.40. The molecule has 0 spiro atoms. The number of rotatable bonds is 4. The molecule has 14 heteroatoms. The average Bonchev–Trinajstić information content (AvgIpc) is 2.85. The second-order valence-corrected chi connectivity index (χ2v) is 6.86. The second-order valence-electron chi connectivity index (χ2n) is 5.84. The van der Waals surface area contributed by atoms with Gasteiger partial charge in [-0.05, 0) is 24.6 Å². The van der Waals surface area contributed by atoms with E-state index in [9.17, 15) is 45.1 Å². The zero-order valence-corrected chi connectivity index (χ0v) is 15.3. The van der Waals surface area contributed by atoms with Crippen LogP contribution in [-0.4, -0.2) is 54.1 Å². The highest BCUT2D eigenvalue weighted by Gasteiger charge is 2.43. The van der Waals surface area contributed by atoms with Gasteiger partial charge in [0.05, 0.1) is 11.4 Å². The fourth-order valence-electron chi connectivity index (χ4n) is 2.30. The fourth-order valence-corrected chi connectivity index (χ4v) is 3.10. The Balaban J connectivity index is 2.26. The lowest BCUT2D eigenvalue weighted by Crippen LogP contribution is -2.45. The molecule has 1 aromatic carbocycles. The van der Waals surface area contributed by atoms with Crippen LogP contribution in [0.5, 0.6) is 0 Å². The lowest BCUT2D eigenvalue weighted by molar-refractivity contribution is -0.123. The predicted molar refractivity (Wildman–Crippen MR) is 87.0 cm³/mol. The summed E-state index contributed by atoms with van der Waals surface area (Å²) in [7, 11) is 0.